The molecule has 0 fully saturated rings. The summed E-state index contributed by atoms with van der Waals surface area (Å²) in [6.45, 7) is 5.43. The molecule has 0 radical (unpaired) electrons. The Bertz CT molecular complexity index is 1780. The molecule has 2 N–H and O–H groups in total. The summed E-state index contributed by atoms with van der Waals surface area (Å²) < 4.78 is 12.1. The molecule has 1 aromatic heterocycles. The molecule has 0 amide bonds. The zero-order valence-corrected chi connectivity index (χ0v) is 26.1. The molecule has 45 heavy (non-hydrogen) atoms. The summed E-state index contributed by atoms with van der Waals surface area (Å²) in [6, 6.07) is 19.3. The molecule has 10 heteroatoms. The van der Waals surface area contributed by atoms with Crippen LogP contribution in [0.1, 0.15) is 50.2 Å². The van der Waals surface area contributed by atoms with Crippen molar-refractivity contribution in [3.8, 4) is 28.7 Å². The van der Waals surface area contributed by atoms with Crippen molar-refractivity contribution < 1.29 is 19.4 Å². The highest BCUT2D eigenvalue weighted by Crippen LogP contribution is 2.36. The van der Waals surface area contributed by atoms with Crippen LogP contribution in [0.2, 0.25) is 5.02 Å². The molecule has 9 nitrogen and oxygen atoms in total. The molecule has 0 aliphatic carbocycles. The molecule has 0 spiro atoms. The van der Waals surface area contributed by atoms with E-state index in [2.05, 4.69) is 60.8 Å². The monoisotopic (exact) mass is 623 g/mol. The zero-order chi connectivity index (χ0) is 31.9. The number of rotatable bonds is 12. The first-order valence-corrected chi connectivity index (χ1v) is 14.9. The quantitative estimate of drug-likeness (QED) is 0.178. The van der Waals surface area contributed by atoms with Gasteiger partial charge in [-0.1, -0.05) is 48.0 Å². The maximum absolute atomic E-state index is 11.8. The predicted octanol–water partition coefficient (Wildman–Crippen LogP) is 6.21. The maximum Gasteiger partial charge on any atom is 0.153 e. The van der Waals surface area contributed by atoms with Gasteiger partial charge in [0, 0.05) is 56.0 Å². The molecule has 230 valence electrons. The minimum atomic E-state index is 0.118. The lowest BCUT2D eigenvalue weighted by Crippen LogP contribution is -2.39. The van der Waals surface area contributed by atoms with Crippen LogP contribution in [0.3, 0.4) is 0 Å². The Kier molecular flexibility index (Phi) is 10.0. The molecule has 0 bridgehead atoms. The molecular weight excluding hydrogens is 590 g/mol. The number of nitrogens with zero attached hydrogens (tertiary/aromatic N) is 4. The van der Waals surface area contributed by atoms with Crippen molar-refractivity contribution in [3.63, 3.8) is 0 Å². The van der Waals surface area contributed by atoms with E-state index in [0.29, 0.717) is 52.5 Å². The number of aliphatic hydroxyl groups is 1. The smallest absolute Gasteiger partial charge is 0.153 e. The lowest BCUT2D eigenvalue weighted by molar-refractivity contribution is 0.0343. The summed E-state index contributed by atoms with van der Waals surface area (Å²) in [5.41, 5.74) is 12.3. The fourth-order valence-corrected chi connectivity index (χ4v) is 5.48. The molecule has 2 heterocycles. The van der Waals surface area contributed by atoms with Crippen LogP contribution in [0.4, 0.5) is 0 Å². The Balaban J connectivity index is 1.36. The lowest BCUT2D eigenvalue weighted by atomic mass is 9.91. The normalized spacial score (nSPS) is 12.8. The van der Waals surface area contributed by atoms with Gasteiger partial charge in [-0.3, -0.25) is 20.2 Å². The Morgan fingerprint density at radius 3 is 2.49 bits per heavy atom. The lowest BCUT2D eigenvalue weighted by Gasteiger charge is -2.24. The van der Waals surface area contributed by atoms with Crippen LogP contribution in [0.15, 0.2) is 73.2 Å². The molecule has 0 saturated carbocycles. The van der Waals surface area contributed by atoms with Gasteiger partial charge < -0.3 is 14.6 Å². The van der Waals surface area contributed by atoms with E-state index in [1.54, 1.807) is 18.3 Å². The molecule has 0 unspecified atom stereocenters. The van der Waals surface area contributed by atoms with Crippen molar-refractivity contribution in [2.45, 2.75) is 33.5 Å². The fraction of sp³-hybridized carbons (Fsp3) is 0.229. The molecule has 3 aromatic carbocycles. The van der Waals surface area contributed by atoms with Crippen molar-refractivity contribution in [2.24, 2.45) is 0 Å². The van der Waals surface area contributed by atoms with Gasteiger partial charge in [-0.05, 0) is 60.2 Å². The minimum absolute atomic E-state index is 0.118. The summed E-state index contributed by atoms with van der Waals surface area (Å²) in [6.07, 6.45) is 6.51. The molecular formula is C35H34ClN5O4. The second kappa shape index (κ2) is 14.3. The van der Waals surface area contributed by atoms with Gasteiger partial charge in [0.1, 0.15) is 30.8 Å². The average molecular weight is 624 g/mol. The van der Waals surface area contributed by atoms with Crippen molar-refractivity contribution in [1.29, 1.82) is 5.26 Å². The second-order valence-corrected chi connectivity index (χ2v) is 11.1. The summed E-state index contributed by atoms with van der Waals surface area (Å²) in [5, 5.41) is 22.7. The summed E-state index contributed by atoms with van der Waals surface area (Å²) in [7, 11) is 1.95. The number of hydrogen-bond acceptors (Lipinski definition) is 9. The van der Waals surface area contributed by atoms with Crippen LogP contribution in [0.25, 0.3) is 16.8 Å². The largest absolute Gasteiger partial charge is 0.488 e. The number of carbonyl (C=O) groups is 1. The van der Waals surface area contributed by atoms with Crippen LogP contribution >= 0.6 is 11.6 Å². The highest BCUT2D eigenvalue weighted by Gasteiger charge is 2.21. The van der Waals surface area contributed by atoms with Crippen LogP contribution in [-0.2, 0) is 13.2 Å². The fourth-order valence-electron chi connectivity index (χ4n) is 5.25. The van der Waals surface area contributed by atoms with Gasteiger partial charge in [0.2, 0.25) is 0 Å². The number of hydrazine groups is 2. The molecule has 0 saturated heterocycles. The van der Waals surface area contributed by atoms with Crippen LogP contribution in [0, 0.1) is 25.2 Å². The Hall–Kier alpha value is -4.88. The highest BCUT2D eigenvalue weighted by molar-refractivity contribution is 6.32. The predicted molar refractivity (Wildman–Crippen MR) is 173 cm³/mol. The number of pyridine rings is 1. The van der Waals surface area contributed by atoms with Crippen molar-refractivity contribution in [1.82, 2.24) is 20.5 Å². The van der Waals surface area contributed by atoms with Crippen molar-refractivity contribution >= 4 is 23.6 Å². The molecule has 5 rings (SSSR count). The third kappa shape index (κ3) is 7.10. The SMILES string of the molecule is Cc1c(COc2cc(OCc3cncc(C#N)c3)c(C=O)cc2Cl)cccc1-c1cccc(C2=CN(CCCO)N(C)N2)c1C. The van der Waals surface area contributed by atoms with Crippen LogP contribution < -0.4 is 14.9 Å². The minimum Gasteiger partial charge on any atom is -0.488 e. The van der Waals surface area contributed by atoms with Crippen molar-refractivity contribution in [3.05, 3.63) is 117 Å². The summed E-state index contributed by atoms with van der Waals surface area (Å²) in [4.78, 5) is 15.8. The zero-order valence-electron chi connectivity index (χ0n) is 25.4. The number of ether oxygens (including phenoxy) is 2. The number of aldehydes is 1. The van der Waals surface area contributed by atoms with E-state index < -0.39 is 0 Å². The van der Waals surface area contributed by atoms with Crippen LogP contribution in [-0.4, -0.2) is 46.7 Å². The number of halogens is 1. The number of nitrogens with one attached hydrogen (secondary N) is 1. The second-order valence-electron chi connectivity index (χ2n) is 10.7. The maximum atomic E-state index is 11.8. The van der Waals surface area contributed by atoms with Gasteiger partial charge in [0.15, 0.2) is 6.29 Å². The van der Waals surface area contributed by atoms with Gasteiger partial charge >= 0.3 is 0 Å². The van der Waals surface area contributed by atoms with E-state index in [1.165, 1.54) is 12.3 Å². The Morgan fingerprint density at radius 1 is 1.00 bits per heavy atom. The topological polar surface area (TPSA) is 111 Å². The summed E-state index contributed by atoms with van der Waals surface area (Å²) in [5.74, 6) is 0.707. The van der Waals surface area contributed by atoms with Gasteiger partial charge in [0.25, 0.3) is 0 Å². The van der Waals surface area contributed by atoms with Crippen molar-refractivity contribution in [2.75, 3.05) is 20.2 Å². The standard InChI is InChI=1S/C35H34ClN5O4/c1-23-27(22-45-35-15-34(28(20-43)14-32(35)36)44-21-26-13-25(16-37)17-38-18-26)7-4-8-29(23)30-9-5-10-31(24(30)2)33-19-41(11-6-12-42)40(3)39-33/h4-5,7-10,13-15,17-20,39,42H,6,11-12,21-22H2,1-3H3. The van der Waals surface area contributed by atoms with E-state index >= 15 is 0 Å². The number of aromatic nitrogens is 1. The van der Waals surface area contributed by atoms with Gasteiger partial charge in [-0.25, -0.2) is 0 Å². The van der Waals surface area contributed by atoms with Gasteiger partial charge in [-0.2, -0.15) is 5.26 Å². The third-order valence-corrected chi connectivity index (χ3v) is 8.04. The molecule has 1 aliphatic heterocycles. The van der Waals surface area contributed by atoms with Crippen LogP contribution in [0.5, 0.6) is 11.5 Å². The van der Waals surface area contributed by atoms with E-state index in [1.807, 2.05) is 29.3 Å². The first kappa shape index (κ1) is 31.5. The first-order valence-electron chi connectivity index (χ1n) is 14.5. The van der Waals surface area contributed by atoms with E-state index in [0.717, 1.165) is 39.1 Å². The molecule has 4 aromatic rings. The highest BCUT2D eigenvalue weighted by atomic mass is 35.5. The number of carbonyl (C=O) groups excluding carboxylic acids is 1. The van der Waals surface area contributed by atoms with Gasteiger partial charge in [-0.15, -0.1) is 5.12 Å². The molecule has 0 atom stereocenters. The summed E-state index contributed by atoms with van der Waals surface area (Å²) >= 11 is 6.50. The van der Waals surface area contributed by atoms with E-state index in [9.17, 15) is 9.90 Å². The number of hydrogen-bond donors (Lipinski definition) is 2. The Labute approximate surface area is 267 Å². The number of aliphatic hydroxyl groups excluding tert-OH is 1. The van der Waals surface area contributed by atoms with Gasteiger partial charge in [0.05, 0.1) is 21.8 Å². The van der Waals surface area contributed by atoms with E-state index in [4.69, 9.17) is 26.3 Å². The average Bonchev–Trinajstić information content (AvgIpc) is 3.42. The van der Waals surface area contributed by atoms with E-state index in [-0.39, 0.29) is 19.8 Å². The number of nitriles is 1. The molecule has 1 aliphatic rings. The first-order chi connectivity index (χ1) is 21.8. The number of benzene rings is 3. The third-order valence-electron chi connectivity index (χ3n) is 7.74. The Morgan fingerprint density at radius 2 is 1.73 bits per heavy atom.